The Kier molecular flexibility index (Phi) is 7.70. The van der Waals surface area contributed by atoms with Crippen molar-refractivity contribution >= 4 is 23.4 Å². The smallest absolute Gasteiger partial charge is 0.328 e. The molecule has 3 amide bonds. The van der Waals surface area contributed by atoms with Crippen molar-refractivity contribution in [2.45, 2.75) is 13.5 Å². The predicted octanol–water partition coefficient (Wildman–Crippen LogP) is 0.842. The standard InChI is InChI=1S/C23H22FN5O5/c1-14(30)28-17-8-6-15(7-9-17)20(31)25-10-11-26-21(32)18-12-27-23(34)29(22(18)33)13-16-4-2-3-5-19(16)24/h2-9,12H,10-11,13H2,1H3,(H,25,31)(H,26,32)(H,27,34)(H,28,30). The van der Waals surface area contributed by atoms with Gasteiger partial charge in [-0.2, -0.15) is 0 Å². The summed E-state index contributed by atoms with van der Waals surface area (Å²) in [6, 6.07) is 11.9. The normalized spacial score (nSPS) is 10.4. The third-order valence-electron chi connectivity index (χ3n) is 4.76. The zero-order chi connectivity index (χ0) is 24.7. The van der Waals surface area contributed by atoms with Crippen molar-refractivity contribution in [1.29, 1.82) is 0 Å². The number of nitrogens with one attached hydrogen (secondary N) is 4. The van der Waals surface area contributed by atoms with E-state index in [1.165, 1.54) is 37.3 Å². The maximum Gasteiger partial charge on any atom is 0.328 e. The Morgan fingerprint density at radius 2 is 1.59 bits per heavy atom. The third-order valence-corrected chi connectivity index (χ3v) is 4.76. The molecule has 0 saturated carbocycles. The highest BCUT2D eigenvalue weighted by Crippen LogP contribution is 2.09. The summed E-state index contributed by atoms with van der Waals surface area (Å²) >= 11 is 0. The summed E-state index contributed by atoms with van der Waals surface area (Å²) in [6.07, 6.45) is 0.993. The quantitative estimate of drug-likeness (QED) is 0.363. The molecule has 0 unspecified atom stereocenters. The largest absolute Gasteiger partial charge is 0.350 e. The lowest BCUT2D eigenvalue weighted by Gasteiger charge is -2.10. The number of carbonyl (C=O) groups is 3. The Bertz CT molecular complexity index is 1330. The first-order chi connectivity index (χ1) is 16.3. The molecule has 10 nitrogen and oxygen atoms in total. The van der Waals surface area contributed by atoms with Crippen LogP contribution in [0.4, 0.5) is 10.1 Å². The van der Waals surface area contributed by atoms with Gasteiger partial charge in [-0.25, -0.2) is 9.18 Å². The van der Waals surface area contributed by atoms with E-state index in [0.717, 1.165) is 10.8 Å². The SMILES string of the molecule is CC(=O)Nc1ccc(C(=O)NCCNC(=O)c2c[nH]c(=O)n(Cc3ccccc3F)c2=O)cc1. The fraction of sp³-hybridized carbons (Fsp3) is 0.174. The van der Waals surface area contributed by atoms with E-state index in [1.807, 2.05) is 0 Å². The Morgan fingerprint density at radius 3 is 2.24 bits per heavy atom. The van der Waals surface area contributed by atoms with Gasteiger partial charge in [0, 0.05) is 43.0 Å². The molecular weight excluding hydrogens is 445 g/mol. The molecule has 11 heteroatoms. The van der Waals surface area contributed by atoms with E-state index in [4.69, 9.17) is 0 Å². The number of anilines is 1. The van der Waals surface area contributed by atoms with E-state index >= 15 is 0 Å². The van der Waals surface area contributed by atoms with Crippen LogP contribution in [0.3, 0.4) is 0 Å². The molecule has 34 heavy (non-hydrogen) atoms. The molecule has 0 bridgehead atoms. The number of hydrogen-bond donors (Lipinski definition) is 4. The highest BCUT2D eigenvalue weighted by atomic mass is 19.1. The fourth-order valence-electron chi connectivity index (χ4n) is 3.07. The molecule has 0 spiro atoms. The van der Waals surface area contributed by atoms with E-state index < -0.39 is 23.0 Å². The number of amides is 3. The van der Waals surface area contributed by atoms with Gasteiger partial charge < -0.3 is 20.9 Å². The summed E-state index contributed by atoms with van der Waals surface area (Å²) in [7, 11) is 0. The van der Waals surface area contributed by atoms with E-state index in [1.54, 1.807) is 18.2 Å². The number of aromatic nitrogens is 2. The van der Waals surface area contributed by atoms with Crippen LogP contribution in [0.25, 0.3) is 0 Å². The van der Waals surface area contributed by atoms with Crippen molar-refractivity contribution in [3.8, 4) is 0 Å². The number of rotatable bonds is 8. The van der Waals surface area contributed by atoms with Crippen molar-refractivity contribution in [3.05, 3.63) is 98.1 Å². The second-order valence-corrected chi connectivity index (χ2v) is 7.26. The summed E-state index contributed by atoms with van der Waals surface area (Å²) in [5.41, 5.74) is -0.930. The van der Waals surface area contributed by atoms with E-state index in [9.17, 15) is 28.4 Å². The topological polar surface area (TPSA) is 142 Å². The monoisotopic (exact) mass is 467 g/mol. The van der Waals surface area contributed by atoms with E-state index in [-0.39, 0.29) is 42.6 Å². The first-order valence-electron chi connectivity index (χ1n) is 10.3. The van der Waals surface area contributed by atoms with Crippen molar-refractivity contribution in [1.82, 2.24) is 20.2 Å². The zero-order valence-electron chi connectivity index (χ0n) is 18.2. The van der Waals surface area contributed by atoms with Crippen LogP contribution >= 0.6 is 0 Å². The molecule has 3 rings (SSSR count). The molecule has 0 aliphatic carbocycles. The first kappa shape index (κ1) is 24.1. The van der Waals surface area contributed by atoms with Crippen LogP contribution in [0.15, 0.2) is 64.3 Å². The number of benzene rings is 2. The van der Waals surface area contributed by atoms with Crippen molar-refractivity contribution in [3.63, 3.8) is 0 Å². The molecule has 0 aliphatic rings. The van der Waals surface area contributed by atoms with Gasteiger partial charge in [0.15, 0.2) is 0 Å². The highest BCUT2D eigenvalue weighted by Gasteiger charge is 2.16. The van der Waals surface area contributed by atoms with Crippen LogP contribution in [0, 0.1) is 5.82 Å². The van der Waals surface area contributed by atoms with Gasteiger partial charge in [-0.15, -0.1) is 0 Å². The molecule has 4 N–H and O–H groups in total. The molecule has 0 atom stereocenters. The first-order valence-corrected chi connectivity index (χ1v) is 10.3. The van der Waals surface area contributed by atoms with Crippen LogP contribution < -0.4 is 27.2 Å². The molecule has 2 aromatic carbocycles. The van der Waals surface area contributed by atoms with Gasteiger partial charge >= 0.3 is 5.69 Å². The number of hydrogen-bond acceptors (Lipinski definition) is 5. The van der Waals surface area contributed by atoms with Crippen molar-refractivity contribution in [2.75, 3.05) is 18.4 Å². The van der Waals surface area contributed by atoms with E-state index in [0.29, 0.717) is 11.3 Å². The third kappa shape index (κ3) is 6.03. The molecule has 3 aromatic rings. The van der Waals surface area contributed by atoms with E-state index in [2.05, 4.69) is 20.9 Å². The number of H-pyrrole nitrogens is 1. The maximum atomic E-state index is 13.9. The molecule has 0 fully saturated rings. The Hall–Kier alpha value is -4.54. The average Bonchev–Trinajstić information content (AvgIpc) is 2.80. The minimum Gasteiger partial charge on any atom is -0.350 e. The summed E-state index contributed by atoms with van der Waals surface area (Å²) < 4.78 is 14.6. The minimum absolute atomic E-state index is 0.0143. The molecule has 1 aromatic heterocycles. The lowest BCUT2D eigenvalue weighted by atomic mass is 10.2. The van der Waals surface area contributed by atoms with Gasteiger partial charge in [-0.1, -0.05) is 18.2 Å². The number of nitrogens with zero attached hydrogens (tertiary/aromatic N) is 1. The highest BCUT2D eigenvalue weighted by molar-refractivity contribution is 5.96. The second-order valence-electron chi connectivity index (χ2n) is 7.26. The molecule has 0 saturated heterocycles. The van der Waals surface area contributed by atoms with Gasteiger partial charge in [-0.05, 0) is 30.3 Å². The lowest BCUT2D eigenvalue weighted by Crippen LogP contribution is -2.42. The number of aromatic amines is 1. The predicted molar refractivity (Wildman–Crippen MR) is 122 cm³/mol. The summed E-state index contributed by atoms with van der Waals surface area (Å²) in [6.45, 7) is 1.13. The minimum atomic E-state index is -0.868. The summed E-state index contributed by atoms with van der Waals surface area (Å²) in [5.74, 6) is -1.95. The lowest BCUT2D eigenvalue weighted by molar-refractivity contribution is -0.114. The molecule has 1 heterocycles. The van der Waals surface area contributed by atoms with Crippen LogP contribution in [0.1, 0.15) is 33.2 Å². The second kappa shape index (κ2) is 10.9. The molecule has 0 radical (unpaired) electrons. The van der Waals surface area contributed by atoms with Crippen LogP contribution in [0.5, 0.6) is 0 Å². The summed E-state index contributed by atoms with van der Waals surface area (Å²) in [5, 5.41) is 7.70. The molecule has 176 valence electrons. The van der Waals surface area contributed by atoms with Crippen molar-refractivity contribution < 1.29 is 18.8 Å². The molecular formula is C23H22FN5O5. The molecule has 0 aliphatic heterocycles. The van der Waals surface area contributed by atoms with Gasteiger partial charge in [0.1, 0.15) is 11.4 Å². The Morgan fingerprint density at radius 1 is 0.941 bits per heavy atom. The number of carbonyl (C=O) groups excluding carboxylic acids is 3. The van der Waals surface area contributed by atoms with Crippen LogP contribution in [-0.4, -0.2) is 40.4 Å². The maximum absolute atomic E-state index is 13.9. The van der Waals surface area contributed by atoms with Gasteiger partial charge in [0.05, 0.1) is 6.54 Å². The Labute approximate surface area is 192 Å². The van der Waals surface area contributed by atoms with Crippen LogP contribution in [0.2, 0.25) is 0 Å². The van der Waals surface area contributed by atoms with Gasteiger partial charge in [0.2, 0.25) is 5.91 Å². The van der Waals surface area contributed by atoms with Crippen LogP contribution in [-0.2, 0) is 11.3 Å². The van der Waals surface area contributed by atoms with Crippen molar-refractivity contribution in [2.24, 2.45) is 0 Å². The number of halogens is 1. The summed E-state index contributed by atoms with van der Waals surface area (Å²) in [4.78, 5) is 62.6. The zero-order valence-corrected chi connectivity index (χ0v) is 18.2. The average molecular weight is 467 g/mol. The van der Waals surface area contributed by atoms with Gasteiger partial charge in [0.25, 0.3) is 17.4 Å². The fourth-order valence-corrected chi connectivity index (χ4v) is 3.07. The van der Waals surface area contributed by atoms with Gasteiger partial charge in [-0.3, -0.25) is 23.7 Å². The Balaban J connectivity index is 1.57.